The summed E-state index contributed by atoms with van der Waals surface area (Å²) in [5, 5.41) is 15.7. The fourth-order valence-electron chi connectivity index (χ4n) is 2.57. The zero-order valence-electron chi connectivity index (χ0n) is 12.1. The van der Waals surface area contributed by atoms with Crippen LogP contribution in [0.25, 0.3) is 11.3 Å². The van der Waals surface area contributed by atoms with Crippen LogP contribution in [0, 0.1) is 12.8 Å². The van der Waals surface area contributed by atoms with Gasteiger partial charge < -0.3 is 10.4 Å². The van der Waals surface area contributed by atoms with Gasteiger partial charge in [-0.2, -0.15) is 11.3 Å². The first kappa shape index (κ1) is 14.7. The minimum Gasteiger partial charge on any atom is -0.481 e. The lowest BCUT2D eigenvalue weighted by molar-refractivity contribution is -0.145. The molecule has 0 radical (unpaired) electrons. The van der Waals surface area contributed by atoms with E-state index in [0.717, 1.165) is 11.3 Å². The van der Waals surface area contributed by atoms with E-state index in [1.807, 2.05) is 29.8 Å². The molecule has 0 saturated heterocycles. The number of carboxylic acids is 1. The molecule has 0 aliphatic heterocycles. The first-order valence-corrected chi connectivity index (χ1v) is 8.02. The molecule has 0 bridgehead atoms. The normalized spacial score (nSPS) is 20.2. The molecule has 5 nitrogen and oxygen atoms in total. The van der Waals surface area contributed by atoms with E-state index in [9.17, 15) is 9.59 Å². The Hall–Kier alpha value is -2.21. The van der Waals surface area contributed by atoms with Gasteiger partial charge in [-0.3, -0.25) is 14.6 Å². The summed E-state index contributed by atoms with van der Waals surface area (Å²) in [7, 11) is 0. The van der Waals surface area contributed by atoms with Crippen molar-refractivity contribution in [3.8, 4) is 11.3 Å². The van der Waals surface area contributed by atoms with Crippen LogP contribution in [0.1, 0.15) is 28.9 Å². The number of carbonyl (C=O) groups excluding carboxylic acids is 1. The van der Waals surface area contributed by atoms with E-state index in [-0.39, 0.29) is 17.9 Å². The molecule has 2 N–H and O–H groups in total. The molecular formula is C16H16N2O3S. The van der Waals surface area contributed by atoms with Gasteiger partial charge in [-0.05, 0) is 43.3 Å². The van der Waals surface area contributed by atoms with Crippen LogP contribution in [0.3, 0.4) is 0 Å². The number of pyridine rings is 1. The molecule has 1 fully saturated rings. The van der Waals surface area contributed by atoms with Gasteiger partial charge in [0.05, 0.1) is 22.9 Å². The predicted octanol–water partition coefficient (Wildman–Crippen LogP) is 2.71. The van der Waals surface area contributed by atoms with Crippen LogP contribution in [-0.2, 0) is 4.79 Å². The van der Waals surface area contributed by atoms with Crippen molar-refractivity contribution >= 4 is 23.2 Å². The van der Waals surface area contributed by atoms with Gasteiger partial charge in [-0.25, -0.2) is 0 Å². The number of nitrogens with zero attached hydrogens (tertiary/aromatic N) is 1. The Morgan fingerprint density at radius 1 is 1.32 bits per heavy atom. The van der Waals surface area contributed by atoms with Crippen LogP contribution < -0.4 is 5.32 Å². The average molecular weight is 316 g/mol. The Balaban J connectivity index is 1.67. The summed E-state index contributed by atoms with van der Waals surface area (Å²) in [5.74, 6) is -1.30. The van der Waals surface area contributed by atoms with Crippen LogP contribution >= 0.6 is 11.3 Å². The number of thiophene rings is 1. The number of hydrogen-bond acceptors (Lipinski definition) is 4. The third-order valence-electron chi connectivity index (χ3n) is 3.97. The van der Waals surface area contributed by atoms with Crippen molar-refractivity contribution in [3.63, 3.8) is 0 Å². The molecule has 3 rings (SSSR count). The standard InChI is InChI=1S/C16H16N2O3S/c1-9-13(2-3-14(17-9)10-4-5-22-8-10)15(19)18-12-6-11(7-12)16(20)21/h2-5,8,11-12H,6-7H2,1H3,(H,18,19)(H,20,21). The van der Waals surface area contributed by atoms with E-state index < -0.39 is 5.97 Å². The molecule has 0 spiro atoms. The smallest absolute Gasteiger partial charge is 0.306 e. The maximum absolute atomic E-state index is 12.2. The third kappa shape index (κ3) is 2.87. The van der Waals surface area contributed by atoms with Crippen molar-refractivity contribution in [2.75, 3.05) is 0 Å². The molecule has 114 valence electrons. The van der Waals surface area contributed by atoms with Crippen molar-refractivity contribution in [2.24, 2.45) is 5.92 Å². The number of hydrogen-bond donors (Lipinski definition) is 2. The van der Waals surface area contributed by atoms with Crippen molar-refractivity contribution in [3.05, 3.63) is 40.2 Å². The first-order chi connectivity index (χ1) is 10.5. The second-order valence-electron chi connectivity index (χ2n) is 5.52. The van der Waals surface area contributed by atoms with Gasteiger partial charge in [0.25, 0.3) is 5.91 Å². The van der Waals surface area contributed by atoms with Gasteiger partial charge in [-0.15, -0.1) is 0 Å². The van der Waals surface area contributed by atoms with Crippen LogP contribution in [0.15, 0.2) is 29.0 Å². The first-order valence-electron chi connectivity index (χ1n) is 7.08. The highest BCUT2D eigenvalue weighted by atomic mass is 32.1. The summed E-state index contributed by atoms with van der Waals surface area (Å²) >= 11 is 1.61. The highest BCUT2D eigenvalue weighted by Gasteiger charge is 2.35. The molecule has 1 amide bonds. The molecule has 2 aromatic heterocycles. The lowest BCUT2D eigenvalue weighted by atomic mass is 9.80. The van der Waals surface area contributed by atoms with Gasteiger partial charge >= 0.3 is 5.97 Å². The molecule has 1 saturated carbocycles. The van der Waals surface area contributed by atoms with E-state index in [4.69, 9.17) is 5.11 Å². The van der Waals surface area contributed by atoms with E-state index in [1.54, 1.807) is 17.4 Å². The summed E-state index contributed by atoms with van der Waals surface area (Å²) in [4.78, 5) is 27.5. The Morgan fingerprint density at radius 3 is 2.68 bits per heavy atom. The number of carboxylic acid groups (broad SMARTS) is 1. The summed E-state index contributed by atoms with van der Waals surface area (Å²) in [6.07, 6.45) is 1.00. The van der Waals surface area contributed by atoms with Crippen molar-refractivity contribution in [1.29, 1.82) is 0 Å². The molecule has 0 unspecified atom stereocenters. The molecule has 1 aliphatic carbocycles. The molecule has 22 heavy (non-hydrogen) atoms. The zero-order valence-corrected chi connectivity index (χ0v) is 12.9. The molecule has 0 aromatic carbocycles. The summed E-state index contributed by atoms with van der Waals surface area (Å²) in [5.41, 5.74) is 3.11. The number of nitrogens with one attached hydrogen (secondary N) is 1. The van der Waals surface area contributed by atoms with Gasteiger partial charge in [0.2, 0.25) is 0 Å². The van der Waals surface area contributed by atoms with Gasteiger partial charge in [-0.1, -0.05) is 0 Å². The van der Waals surface area contributed by atoms with Gasteiger partial charge in [0, 0.05) is 17.0 Å². The van der Waals surface area contributed by atoms with Gasteiger partial charge in [0.15, 0.2) is 0 Å². The number of rotatable bonds is 4. The third-order valence-corrected chi connectivity index (χ3v) is 4.65. The van der Waals surface area contributed by atoms with Crippen molar-refractivity contribution in [1.82, 2.24) is 10.3 Å². The largest absolute Gasteiger partial charge is 0.481 e. The predicted molar refractivity (Wildman–Crippen MR) is 83.9 cm³/mol. The highest BCUT2D eigenvalue weighted by molar-refractivity contribution is 7.08. The number of carbonyl (C=O) groups is 2. The quantitative estimate of drug-likeness (QED) is 0.909. The van der Waals surface area contributed by atoms with Crippen molar-refractivity contribution in [2.45, 2.75) is 25.8 Å². The molecule has 2 aromatic rings. The van der Waals surface area contributed by atoms with E-state index in [1.165, 1.54) is 0 Å². The lowest BCUT2D eigenvalue weighted by Gasteiger charge is -2.32. The minimum absolute atomic E-state index is 0.0513. The molecule has 2 heterocycles. The topological polar surface area (TPSA) is 79.3 Å². The summed E-state index contributed by atoms with van der Waals surface area (Å²) in [6.45, 7) is 1.81. The van der Waals surface area contributed by atoms with E-state index in [0.29, 0.717) is 24.1 Å². The highest BCUT2D eigenvalue weighted by Crippen LogP contribution is 2.28. The number of aryl methyl sites for hydroxylation is 1. The van der Waals surface area contributed by atoms with Crippen LogP contribution in [0.5, 0.6) is 0 Å². The second-order valence-corrected chi connectivity index (χ2v) is 6.30. The number of amides is 1. The maximum atomic E-state index is 12.2. The Kier molecular flexibility index (Phi) is 3.94. The summed E-state index contributed by atoms with van der Waals surface area (Å²) in [6, 6.07) is 5.56. The Labute approximate surface area is 132 Å². The monoisotopic (exact) mass is 316 g/mol. The zero-order chi connectivity index (χ0) is 15.7. The van der Waals surface area contributed by atoms with Crippen LogP contribution in [0.2, 0.25) is 0 Å². The molecular weight excluding hydrogens is 300 g/mol. The Morgan fingerprint density at radius 2 is 2.09 bits per heavy atom. The Bertz CT molecular complexity index is 706. The minimum atomic E-state index is -0.788. The number of aromatic nitrogens is 1. The van der Waals surface area contributed by atoms with E-state index >= 15 is 0 Å². The second kappa shape index (κ2) is 5.88. The average Bonchev–Trinajstić information content (AvgIpc) is 2.95. The molecule has 0 atom stereocenters. The van der Waals surface area contributed by atoms with Crippen LogP contribution in [-0.4, -0.2) is 28.0 Å². The van der Waals surface area contributed by atoms with Crippen molar-refractivity contribution < 1.29 is 14.7 Å². The maximum Gasteiger partial charge on any atom is 0.306 e. The number of aliphatic carboxylic acids is 1. The van der Waals surface area contributed by atoms with E-state index in [2.05, 4.69) is 10.3 Å². The lowest BCUT2D eigenvalue weighted by Crippen LogP contribution is -2.46. The fourth-order valence-corrected chi connectivity index (χ4v) is 3.22. The fraction of sp³-hybridized carbons (Fsp3) is 0.312. The molecule has 6 heteroatoms. The molecule has 1 aliphatic rings. The SMILES string of the molecule is Cc1nc(-c2ccsc2)ccc1C(=O)NC1CC(C(=O)O)C1. The van der Waals surface area contributed by atoms with Gasteiger partial charge in [0.1, 0.15) is 0 Å². The summed E-state index contributed by atoms with van der Waals surface area (Å²) < 4.78 is 0. The van der Waals surface area contributed by atoms with Crippen LogP contribution in [0.4, 0.5) is 0 Å².